The highest BCUT2D eigenvalue weighted by atomic mass is 31.2. The summed E-state index contributed by atoms with van der Waals surface area (Å²) in [6.07, 6.45) is 4.62. The first-order valence-electron chi connectivity index (χ1n) is 15.3. The van der Waals surface area contributed by atoms with Gasteiger partial charge in [-0.3, -0.25) is 18.8 Å². The Bertz CT molecular complexity index is 1420. The van der Waals surface area contributed by atoms with E-state index in [9.17, 15) is 23.8 Å². The summed E-state index contributed by atoms with van der Waals surface area (Å²) in [4.78, 5) is 52.9. The molecular weight excluding hydrogens is 650 g/mol. The summed E-state index contributed by atoms with van der Waals surface area (Å²) >= 11 is 0. The van der Waals surface area contributed by atoms with Crippen molar-refractivity contribution in [1.82, 2.24) is 14.5 Å². The van der Waals surface area contributed by atoms with Gasteiger partial charge in [-0.05, 0) is 53.5 Å². The first kappa shape index (κ1) is 36.6. The number of anilines is 1. The number of hydrogen-bond acceptors (Lipinski definition) is 15. The molecule has 4 rings (SSSR count). The van der Waals surface area contributed by atoms with Gasteiger partial charge in [-0.1, -0.05) is 0 Å². The summed E-state index contributed by atoms with van der Waals surface area (Å²) in [5.74, 6) is -0.611. The molecule has 0 amide bonds. The molecule has 46 heavy (non-hydrogen) atoms. The van der Waals surface area contributed by atoms with Gasteiger partial charge in [-0.15, -0.1) is 18.7 Å². The Balaban J connectivity index is 1.51. The number of carbonyl (C=O) groups is 1. The largest absolute Gasteiger partial charge is 0.477 e. The molecule has 0 unspecified atom stereocenters. The van der Waals surface area contributed by atoms with Gasteiger partial charge in [-0.25, -0.2) is 29.3 Å². The predicted molar refractivity (Wildman–Crippen MR) is 164 cm³/mol. The number of aromatic nitrogens is 2. The fourth-order valence-electron chi connectivity index (χ4n) is 4.93. The molecule has 0 aromatic carbocycles. The number of piperazine rings is 1. The lowest BCUT2D eigenvalue weighted by atomic mass is 10.1. The third-order valence-corrected chi connectivity index (χ3v) is 12.2. The Kier molecular flexibility index (Phi) is 13.3. The summed E-state index contributed by atoms with van der Waals surface area (Å²) in [5.41, 5.74) is -0.186. The number of carboxylic acid groups (broad SMARTS) is 1. The Labute approximate surface area is 266 Å². The second-order valence-electron chi connectivity index (χ2n) is 10.5. The van der Waals surface area contributed by atoms with Crippen LogP contribution in [-0.2, 0) is 47.4 Å². The van der Waals surface area contributed by atoms with Crippen molar-refractivity contribution in [3.05, 3.63) is 34.2 Å². The second kappa shape index (κ2) is 16.7. The van der Waals surface area contributed by atoms with Gasteiger partial charge in [0.1, 0.15) is 11.4 Å². The number of pyridine rings is 2. The van der Waals surface area contributed by atoms with E-state index in [0.29, 0.717) is 37.5 Å². The van der Waals surface area contributed by atoms with Crippen LogP contribution in [0.4, 0.5) is 5.82 Å². The highest BCUT2D eigenvalue weighted by Crippen LogP contribution is 2.72. The molecule has 258 valence electrons. The van der Waals surface area contributed by atoms with Gasteiger partial charge in [0, 0.05) is 50.7 Å². The minimum Gasteiger partial charge on any atom is -0.477 e. The Hall–Kier alpha value is -2.27. The fourth-order valence-corrected chi connectivity index (χ4v) is 9.10. The highest BCUT2D eigenvalue weighted by molar-refractivity contribution is 7.72. The van der Waals surface area contributed by atoms with Crippen LogP contribution < -0.4 is 10.3 Å². The molecule has 19 heteroatoms. The molecule has 17 nitrogen and oxygen atoms in total. The number of carboxylic acids is 1. The van der Waals surface area contributed by atoms with Crippen molar-refractivity contribution in [2.45, 2.75) is 58.4 Å². The zero-order valence-corrected chi connectivity index (χ0v) is 28.2. The summed E-state index contributed by atoms with van der Waals surface area (Å²) in [6, 6.07) is 1.97. The van der Waals surface area contributed by atoms with E-state index in [2.05, 4.69) is 14.8 Å². The quantitative estimate of drug-likeness (QED) is 0.116. The van der Waals surface area contributed by atoms with E-state index in [1.54, 1.807) is 27.7 Å². The highest BCUT2D eigenvalue weighted by Gasteiger charge is 2.55. The zero-order valence-electron chi connectivity index (χ0n) is 26.4. The van der Waals surface area contributed by atoms with Crippen molar-refractivity contribution in [3.63, 3.8) is 0 Å². The van der Waals surface area contributed by atoms with E-state index in [0.717, 1.165) is 12.8 Å². The molecule has 0 radical (unpaired) electrons. The van der Waals surface area contributed by atoms with Gasteiger partial charge in [0.05, 0.1) is 37.3 Å². The minimum atomic E-state index is -4.47. The van der Waals surface area contributed by atoms with E-state index in [1.807, 2.05) is 10.6 Å². The van der Waals surface area contributed by atoms with Crippen molar-refractivity contribution in [1.29, 1.82) is 0 Å². The molecule has 0 bridgehead atoms. The van der Waals surface area contributed by atoms with Crippen LogP contribution in [0.15, 0.2) is 23.3 Å². The minimum absolute atomic E-state index is 0.0113. The molecule has 1 aliphatic heterocycles. The lowest BCUT2D eigenvalue weighted by Gasteiger charge is -2.36. The van der Waals surface area contributed by atoms with E-state index in [1.165, 1.54) is 12.4 Å². The maximum Gasteiger partial charge on any atom is 0.399 e. The van der Waals surface area contributed by atoms with Crippen LogP contribution in [0.25, 0.3) is 10.9 Å². The van der Waals surface area contributed by atoms with E-state index in [4.69, 9.17) is 38.2 Å². The molecular formula is C27H42N4O13P2. The monoisotopic (exact) mass is 692 g/mol. The molecule has 0 atom stereocenters. The van der Waals surface area contributed by atoms with Crippen LogP contribution in [0.1, 0.15) is 63.4 Å². The molecule has 1 saturated heterocycles. The lowest BCUT2D eigenvalue weighted by Crippen LogP contribution is -2.47. The van der Waals surface area contributed by atoms with Gasteiger partial charge < -0.3 is 14.6 Å². The third kappa shape index (κ3) is 8.79. The zero-order chi connectivity index (χ0) is 33.3. The van der Waals surface area contributed by atoms with Gasteiger partial charge in [0.2, 0.25) is 5.43 Å². The van der Waals surface area contributed by atoms with Crippen LogP contribution in [0.2, 0.25) is 0 Å². The maximum absolute atomic E-state index is 14.0. The molecule has 2 fully saturated rings. The number of hydrogen-bond donors (Lipinski definition) is 1. The normalized spacial score (nSPS) is 16.5. The Morgan fingerprint density at radius 1 is 0.913 bits per heavy atom. The molecule has 2 aromatic heterocycles. The number of rotatable bonds is 20. The van der Waals surface area contributed by atoms with Gasteiger partial charge >= 0.3 is 21.2 Å². The topological polar surface area (TPSA) is 187 Å². The first-order chi connectivity index (χ1) is 22.1. The standard InChI is InChI=1S/C27H42N4O13P2/c1-5-37-41-45(35,42-38-6-2)25(46(36,43-39-7-3)44-40-8-4)11-12-29-13-15-30(16-14-29)24-17-23-21(18-28-24)26(32)22(27(33)34)19-31(23)20-9-10-20/h17-20,25H,5-16H2,1-4H3,(H,33,34). The summed E-state index contributed by atoms with van der Waals surface area (Å²) in [6.45, 7) is 8.94. The van der Waals surface area contributed by atoms with Crippen LogP contribution in [-0.4, -0.2) is 90.1 Å². The predicted octanol–water partition coefficient (Wildman–Crippen LogP) is 4.53. The number of nitrogens with zero attached hydrogens (tertiary/aromatic N) is 4. The van der Waals surface area contributed by atoms with Crippen LogP contribution in [0.5, 0.6) is 0 Å². The third-order valence-electron chi connectivity index (χ3n) is 7.30. The first-order valence-corrected chi connectivity index (χ1v) is 18.5. The summed E-state index contributed by atoms with van der Waals surface area (Å²) in [5, 5.41) is 8.24. The van der Waals surface area contributed by atoms with Crippen molar-refractivity contribution in [2.24, 2.45) is 0 Å². The van der Waals surface area contributed by atoms with E-state index < -0.39 is 32.0 Å². The fraction of sp³-hybridized carbons (Fsp3) is 0.667. The molecule has 1 saturated carbocycles. The summed E-state index contributed by atoms with van der Waals surface area (Å²) in [7, 11) is -8.93. The molecule has 2 aromatic rings. The smallest absolute Gasteiger partial charge is 0.399 e. The van der Waals surface area contributed by atoms with Crippen molar-refractivity contribution in [3.8, 4) is 0 Å². The Morgan fingerprint density at radius 3 is 1.89 bits per heavy atom. The van der Waals surface area contributed by atoms with Crippen molar-refractivity contribution in [2.75, 3.05) is 64.1 Å². The number of fused-ring (bicyclic) bond motifs is 1. The van der Waals surface area contributed by atoms with Crippen LogP contribution in [0, 0.1) is 0 Å². The molecule has 1 aliphatic carbocycles. The Morgan fingerprint density at radius 2 is 1.43 bits per heavy atom. The molecule has 0 spiro atoms. The van der Waals surface area contributed by atoms with E-state index in [-0.39, 0.29) is 56.4 Å². The second-order valence-corrected chi connectivity index (χ2v) is 14.9. The average Bonchev–Trinajstić information content (AvgIpc) is 3.90. The average molecular weight is 693 g/mol. The van der Waals surface area contributed by atoms with Crippen molar-refractivity contribution < 1.29 is 57.3 Å². The number of aromatic carboxylic acids is 1. The van der Waals surface area contributed by atoms with Crippen molar-refractivity contribution >= 4 is 37.9 Å². The SMILES string of the molecule is CCOOP(=O)(OOCC)C(CCN1CCN(c2cc3c(cn2)c(=O)c(C(=O)O)cn3C2CC2)CC1)P(=O)(OOCC)OOCC. The van der Waals surface area contributed by atoms with Gasteiger partial charge in [0.25, 0.3) is 0 Å². The van der Waals surface area contributed by atoms with Crippen LogP contribution >= 0.6 is 15.2 Å². The van der Waals surface area contributed by atoms with E-state index >= 15 is 0 Å². The molecule has 2 aliphatic rings. The maximum atomic E-state index is 14.0. The molecule has 1 N–H and O–H groups in total. The lowest BCUT2D eigenvalue weighted by molar-refractivity contribution is -0.272. The van der Waals surface area contributed by atoms with Gasteiger partial charge in [-0.2, -0.15) is 0 Å². The summed E-state index contributed by atoms with van der Waals surface area (Å²) < 4.78 is 50.3. The van der Waals surface area contributed by atoms with Crippen LogP contribution in [0.3, 0.4) is 0 Å². The molecule has 3 heterocycles. The van der Waals surface area contributed by atoms with Gasteiger partial charge in [0.15, 0.2) is 5.40 Å².